The minimum absolute atomic E-state index is 0.0179. The molecule has 0 aliphatic carbocycles. The van der Waals surface area contributed by atoms with Gasteiger partial charge in [0.05, 0.1) is 6.54 Å². The minimum atomic E-state index is -4.40. The van der Waals surface area contributed by atoms with E-state index in [-0.39, 0.29) is 12.5 Å². The molecule has 1 aliphatic rings. The number of hydrogen-bond donors (Lipinski definition) is 0. The van der Waals surface area contributed by atoms with Gasteiger partial charge in [-0.1, -0.05) is 23.2 Å². The van der Waals surface area contributed by atoms with Crippen molar-refractivity contribution < 1.29 is 13.2 Å². The summed E-state index contributed by atoms with van der Waals surface area (Å²) in [4.78, 5) is 22.6. The van der Waals surface area contributed by atoms with Gasteiger partial charge in [0.2, 0.25) is 5.95 Å². The monoisotopic (exact) mass is 474 g/mol. The fourth-order valence-electron chi connectivity index (χ4n) is 3.37. The first-order valence-electron chi connectivity index (χ1n) is 8.95. The largest absolute Gasteiger partial charge is 0.425 e. The van der Waals surface area contributed by atoms with Gasteiger partial charge in [-0.3, -0.25) is 4.57 Å². The van der Waals surface area contributed by atoms with E-state index in [1.54, 1.807) is 19.1 Å². The van der Waals surface area contributed by atoms with Gasteiger partial charge in [0, 0.05) is 28.0 Å². The number of hydrogen-bond acceptors (Lipinski definition) is 5. The number of benzene rings is 1. The fourth-order valence-corrected chi connectivity index (χ4v) is 4.75. The van der Waals surface area contributed by atoms with Gasteiger partial charge < -0.3 is 4.90 Å². The van der Waals surface area contributed by atoms with Crippen molar-refractivity contribution in [3.8, 4) is 0 Å². The van der Waals surface area contributed by atoms with Crippen molar-refractivity contribution in [3.63, 3.8) is 0 Å². The highest BCUT2D eigenvalue weighted by Crippen LogP contribution is 2.35. The number of aromatic nitrogens is 3. The lowest BCUT2D eigenvalue weighted by Gasteiger charge is -2.30. The molecule has 0 bridgehead atoms. The van der Waals surface area contributed by atoms with Gasteiger partial charge in [0.25, 0.3) is 0 Å². The lowest BCUT2D eigenvalue weighted by atomic mass is 10.00. The minimum Gasteiger partial charge on any atom is -0.336 e. The predicted molar refractivity (Wildman–Crippen MR) is 111 cm³/mol. The molecule has 0 amide bonds. The van der Waals surface area contributed by atoms with E-state index in [1.165, 1.54) is 10.6 Å². The number of aryl methyl sites for hydroxylation is 1. The molecule has 1 aromatic carbocycles. The molecular weight excluding hydrogens is 460 g/mol. The van der Waals surface area contributed by atoms with Gasteiger partial charge in [0.15, 0.2) is 0 Å². The van der Waals surface area contributed by atoms with Crippen LogP contribution in [0.1, 0.15) is 26.7 Å². The maximum Gasteiger partial charge on any atom is 0.425 e. The number of nitrogens with zero attached hydrogens (tertiary/aromatic N) is 4. The summed E-state index contributed by atoms with van der Waals surface area (Å²) in [5.41, 5.74) is 1.28. The number of thiophene rings is 1. The lowest BCUT2D eigenvalue weighted by Crippen LogP contribution is -2.36. The summed E-state index contributed by atoms with van der Waals surface area (Å²) in [6, 6.07) is 5.86. The van der Waals surface area contributed by atoms with Crippen LogP contribution in [0, 0.1) is 6.92 Å². The van der Waals surface area contributed by atoms with Crippen LogP contribution in [0.3, 0.4) is 0 Å². The second kappa shape index (κ2) is 7.86. The molecule has 3 aromatic rings. The van der Waals surface area contributed by atoms with Crippen LogP contribution in [0.15, 0.2) is 29.1 Å². The van der Waals surface area contributed by atoms with Crippen LogP contribution in [-0.4, -0.2) is 21.1 Å². The van der Waals surface area contributed by atoms with Crippen molar-refractivity contribution in [2.45, 2.75) is 32.6 Å². The Balaban J connectivity index is 1.60. The summed E-state index contributed by atoms with van der Waals surface area (Å²) in [5.74, 6) is 0.632. The molecule has 0 radical (unpaired) electrons. The number of fused-ring (bicyclic) bond motifs is 1. The maximum absolute atomic E-state index is 12.8. The van der Waals surface area contributed by atoms with Crippen LogP contribution in [0.2, 0.25) is 10.0 Å². The predicted octanol–water partition coefficient (Wildman–Crippen LogP) is 4.94. The van der Waals surface area contributed by atoms with Crippen LogP contribution in [0.5, 0.6) is 0 Å². The Hall–Kier alpha value is -2.10. The third-order valence-electron chi connectivity index (χ3n) is 4.91. The smallest absolute Gasteiger partial charge is 0.336 e. The second-order valence-electron chi connectivity index (χ2n) is 6.86. The van der Waals surface area contributed by atoms with Gasteiger partial charge in [-0.25, -0.2) is 4.79 Å². The van der Waals surface area contributed by atoms with E-state index in [0.29, 0.717) is 51.6 Å². The summed E-state index contributed by atoms with van der Waals surface area (Å²) < 4.78 is 39.7. The van der Waals surface area contributed by atoms with Gasteiger partial charge >= 0.3 is 11.9 Å². The van der Waals surface area contributed by atoms with Gasteiger partial charge in [-0.2, -0.15) is 23.1 Å². The number of rotatable bonds is 3. The normalized spacial score (nSPS) is 14.1. The average molecular weight is 475 g/mol. The molecule has 0 unspecified atom stereocenters. The Morgan fingerprint density at radius 2 is 1.80 bits per heavy atom. The second-order valence-corrected chi connectivity index (χ2v) is 8.84. The van der Waals surface area contributed by atoms with Crippen molar-refractivity contribution in [3.05, 3.63) is 71.5 Å². The number of halogens is 5. The van der Waals surface area contributed by atoms with E-state index in [1.807, 2.05) is 4.90 Å². The van der Waals surface area contributed by atoms with Crippen LogP contribution >= 0.6 is 34.5 Å². The van der Waals surface area contributed by atoms with Crippen molar-refractivity contribution in [2.24, 2.45) is 0 Å². The maximum atomic E-state index is 12.8. The Morgan fingerprint density at radius 3 is 2.43 bits per heavy atom. The molecule has 158 valence electrons. The Labute approximate surface area is 183 Å². The lowest BCUT2D eigenvalue weighted by molar-refractivity contribution is -0.134. The van der Waals surface area contributed by atoms with Gasteiger partial charge in [-0.05, 0) is 48.7 Å². The van der Waals surface area contributed by atoms with E-state index >= 15 is 0 Å². The SMILES string of the molecule is Cc1nc(N2CCc3c(Cl)ccc(Cl)c3C2)nc(=O)n1Cc1ccc(C(F)(F)F)s1. The van der Waals surface area contributed by atoms with Crippen molar-refractivity contribution >= 4 is 40.5 Å². The van der Waals surface area contributed by atoms with E-state index in [4.69, 9.17) is 23.2 Å². The van der Waals surface area contributed by atoms with Crippen LogP contribution < -0.4 is 10.6 Å². The molecule has 1 aliphatic heterocycles. The molecule has 0 fully saturated rings. The number of alkyl halides is 3. The molecule has 11 heteroatoms. The Bertz CT molecular complexity index is 1180. The molecular formula is C19H15Cl2F3N4OS. The quantitative estimate of drug-likeness (QED) is 0.539. The standard InChI is InChI=1S/C19H15Cl2F3N4OS/c1-10-25-17(27-7-6-12-13(9-27)15(21)4-3-14(12)20)26-18(29)28(10)8-11-2-5-16(30-11)19(22,23)24/h2-5H,6-9H2,1H3. The molecule has 3 heterocycles. The highest BCUT2D eigenvalue weighted by atomic mass is 35.5. The van der Waals surface area contributed by atoms with Crippen molar-refractivity contribution in [1.29, 1.82) is 0 Å². The zero-order valence-corrected chi connectivity index (χ0v) is 18.0. The zero-order chi connectivity index (χ0) is 21.6. The molecule has 2 aromatic heterocycles. The van der Waals surface area contributed by atoms with Crippen LogP contribution in [0.4, 0.5) is 19.1 Å². The van der Waals surface area contributed by atoms with Crippen LogP contribution in [-0.2, 0) is 25.7 Å². The van der Waals surface area contributed by atoms with Crippen molar-refractivity contribution in [1.82, 2.24) is 14.5 Å². The molecule has 0 spiro atoms. The van der Waals surface area contributed by atoms with E-state index in [0.717, 1.165) is 17.2 Å². The molecule has 0 N–H and O–H groups in total. The summed E-state index contributed by atoms with van der Waals surface area (Å²) in [5, 5.41) is 1.23. The van der Waals surface area contributed by atoms with Gasteiger partial charge in [0.1, 0.15) is 10.7 Å². The third kappa shape index (κ3) is 4.06. The fraction of sp³-hybridized carbons (Fsp3) is 0.316. The Morgan fingerprint density at radius 1 is 1.10 bits per heavy atom. The van der Waals surface area contributed by atoms with E-state index in [2.05, 4.69) is 9.97 Å². The van der Waals surface area contributed by atoms with Gasteiger partial charge in [-0.15, -0.1) is 11.3 Å². The summed E-state index contributed by atoms with van der Waals surface area (Å²) in [6.07, 6.45) is -3.77. The highest BCUT2D eigenvalue weighted by Gasteiger charge is 2.32. The third-order valence-corrected chi connectivity index (χ3v) is 6.74. The average Bonchev–Trinajstić information content (AvgIpc) is 3.16. The summed E-state index contributed by atoms with van der Waals surface area (Å²) in [7, 11) is 0. The first-order chi connectivity index (χ1) is 14.1. The molecule has 4 rings (SSSR count). The Kier molecular flexibility index (Phi) is 5.54. The van der Waals surface area contributed by atoms with Crippen molar-refractivity contribution in [2.75, 3.05) is 11.4 Å². The highest BCUT2D eigenvalue weighted by molar-refractivity contribution is 7.12. The summed E-state index contributed by atoms with van der Waals surface area (Å²) >= 11 is 13.2. The molecule has 0 atom stereocenters. The first kappa shape index (κ1) is 21.1. The van der Waals surface area contributed by atoms with Crippen LogP contribution in [0.25, 0.3) is 0 Å². The molecule has 0 saturated carbocycles. The molecule has 0 saturated heterocycles. The topological polar surface area (TPSA) is 51.0 Å². The first-order valence-corrected chi connectivity index (χ1v) is 10.5. The molecule has 5 nitrogen and oxygen atoms in total. The van der Waals surface area contributed by atoms with E-state index in [9.17, 15) is 18.0 Å². The molecule has 30 heavy (non-hydrogen) atoms. The zero-order valence-electron chi connectivity index (χ0n) is 15.6. The van der Waals surface area contributed by atoms with E-state index < -0.39 is 16.7 Å². The number of anilines is 1. The summed E-state index contributed by atoms with van der Waals surface area (Å²) in [6.45, 7) is 2.59.